The van der Waals surface area contributed by atoms with Crippen LogP contribution in [0.4, 0.5) is 21.8 Å². The number of anilines is 3. The second-order valence-electron chi connectivity index (χ2n) is 6.73. The number of nitrogens with one attached hydrogen (secondary N) is 1. The lowest BCUT2D eigenvalue weighted by atomic mass is 10.2. The highest BCUT2D eigenvalue weighted by molar-refractivity contribution is 5.53. The number of morpholine rings is 1. The molecule has 2 aromatic rings. The summed E-state index contributed by atoms with van der Waals surface area (Å²) < 4.78 is 19.1. The van der Waals surface area contributed by atoms with E-state index in [0.717, 1.165) is 44.1 Å². The molecule has 3 heterocycles. The van der Waals surface area contributed by atoms with Crippen molar-refractivity contribution in [2.45, 2.75) is 12.5 Å². The van der Waals surface area contributed by atoms with Gasteiger partial charge in [0.2, 0.25) is 5.95 Å². The first-order valence-corrected chi connectivity index (χ1v) is 9.09. The topological polar surface area (TPSA) is 77.3 Å². The molecule has 2 aliphatic rings. The third-order valence-corrected chi connectivity index (χ3v) is 4.85. The summed E-state index contributed by atoms with van der Waals surface area (Å²) in [4.78, 5) is 13.2. The van der Waals surface area contributed by atoms with Crippen molar-refractivity contribution in [3.8, 4) is 6.07 Å². The van der Waals surface area contributed by atoms with Crippen LogP contribution in [0.3, 0.4) is 0 Å². The van der Waals surface area contributed by atoms with Gasteiger partial charge in [0.15, 0.2) is 0 Å². The van der Waals surface area contributed by atoms with E-state index in [-0.39, 0.29) is 11.9 Å². The Labute approximate surface area is 157 Å². The van der Waals surface area contributed by atoms with E-state index in [4.69, 9.17) is 10.00 Å². The van der Waals surface area contributed by atoms with Gasteiger partial charge in [-0.25, -0.2) is 9.37 Å². The van der Waals surface area contributed by atoms with Crippen LogP contribution in [0, 0.1) is 17.1 Å². The fourth-order valence-electron chi connectivity index (χ4n) is 3.49. The molecule has 0 aliphatic carbocycles. The number of nitrogens with zero attached hydrogens (tertiary/aromatic N) is 5. The predicted molar refractivity (Wildman–Crippen MR) is 100 cm³/mol. The molecule has 8 heteroatoms. The molecule has 0 saturated carbocycles. The number of nitriles is 1. The highest BCUT2D eigenvalue weighted by Crippen LogP contribution is 2.24. The smallest absolute Gasteiger partial charge is 0.227 e. The highest BCUT2D eigenvalue weighted by Gasteiger charge is 2.24. The summed E-state index contributed by atoms with van der Waals surface area (Å²) in [6.45, 7) is 4.50. The minimum absolute atomic E-state index is 0.200. The molecule has 4 rings (SSSR count). The zero-order valence-electron chi connectivity index (χ0n) is 14.9. The third kappa shape index (κ3) is 4.09. The summed E-state index contributed by atoms with van der Waals surface area (Å²) in [6, 6.07) is 8.53. The Bertz CT molecular complexity index is 848. The number of hydrogen-bond donors (Lipinski definition) is 1. The van der Waals surface area contributed by atoms with Gasteiger partial charge in [0.1, 0.15) is 11.6 Å². The minimum atomic E-state index is -0.383. The molecule has 1 aromatic heterocycles. The van der Waals surface area contributed by atoms with Gasteiger partial charge in [0, 0.05) is 44.1 Å². The van der Waals surface area contributed by atoms with Gasteiger partial charge in [-0.05, 0) is 30.7 Å². The van der Waals surface area contributed by atoms with Gasteiger partial charge in [0.25, 0.3) is 0 Å². The molecule has 2 aliphatic heterocycles. The van der Waals surface area contributed by atoms with Crippen molar-refractivity contribution in [3.05, 3.63) is 41.8 Å². The molecule has 2 saturated heterocycles. The van der Waals surface area contributed by atoms with Crippen molar-refractivity contribution >= 4 is 17.5 Å². The van der Waals surface area contributed by atoms with Gasteiger partial charge >= 0.3 is 0 Å². The zero-order valence-corrected chi connectivity index (χ0v) is 14.9. The monoisotopic (exact) mass is 368 g/mol. The first kappa shape index (κ1) is 17.5. The van der Waals surface area contributed by atoms with Crippen molar-refractivity contribution < 1.29 is 9.13 Å². The lowest BCUT2D eigenvalue weighted by Crippen LogP contribution is -2.37. The first-order valence-electron chi connectivity index (χ1n) is 9.09. The van der Waals surface area contributed by atoms with E-state index in [1.165, 1.54) is 12.1 Å². The molecular formula is C19H21FN6O. The van der Waals surface area contributed by atoms with Crippen molar-refractivity contribution in [2.75, 3.05) is 54.5 Å². The van der Waals surface area contributed by atoms with Gasteiger partial charge in [-0.2, -0.15) is 10.2 Å². The van der Waals surface area contributed by atoms with Crippen LogP contribution >= 0.6 is 0 Å². The molecule has 0 spiro atoms. The lowest BCUT2D eigenvalue weighted by Gasteiger charge is -2.27. The summed E-state index contributed by atoms with van der Waals surface area (Å²) in [5.74, 6) is 1.11. The number of benzene rings is 1. The van der Waals surface area contributed by atoms with Crippen LogP contribution in [0.15, 0.2) is 30.5 Å². The molecule has 27 heavy (non-hydrogen) atoms. The first-order chi connectivity index (χ1) is 13.2. The van der Waals surface area contributed by atoms with Crippen LogP contribution in [0.25, 0.3) is 0 Å². The van der Waals surface area contributed by atoms with Crippen LogP contribution in [0.2, 0.25) is 0 Å². The molecule has 0 bridgehead atoms. The van der Waals surface area contributed by atoms with Crippen LogP contribution in [-0.2, 0) is 4.74 Å². The zero-order chi connectivity index (χ0) is 18.6. The normalized spacial score (nSPS) is 19.8. The van der Waals surface area contributed by atoms with Gasteiger partial charge in [-0.15, -0.1) is 0 Å². The van der Waals surface area contributed by atoms with E-state index in [1.54, 1.807) is 12.3 Å². The van der Waals surface area contributed by atoms with E-state index in [1.807, 2.05) is 12.1 Å². The Morgan fingerprint density at radius 2 is 2.04 bits per heavy atom. The largest absolute Gasteiger partial charge is 0.378 e. The van der Waals surface area contributed by atoms with E-state index in [9.17, 15) is 4.39 Å². The molecular weight excluding hydrogens is 347 g/mol. The van der Waals surface area contributed by atoms with Gasteiger partial charge in [-0.3, -0.25) is 0 Å². The lowest BCUT2D eigenvalue weighted by molar-refractivity contribution is 0.122. The van der Waals surface area contributed by atoms with Crippen LogP contribution in [-0.4, -0.2) is 55.4 Å². The summed E-state index contributed by atoms with van der Waals surface area (Å²) in [5, 5.41) is 12.5. The second-order valence-corrected chi connectivity index (χ2v) is 6.73. The fourth-order valence-corrected chi connectivity index (χ4v) is 3.49. The maximum atomic E-state index is 13.7. The van der Waals surface area contributed by atoms with Crippen molar-refractivity contribution in [1.29, 1.82) is 5.26 Å². The Morgan fingerprint density at radius 3 is 2.85 bits per heavy atom. The van der Waals surface area contributed by atoms with Crippen molar-refractivity contribution in [1.82, 2.24) is 9.97 Å². The number of aromatic nitrogens is 2. The number of ether oxygens (including phenoxy) is 1. The number of halogens is 1. The highest BCUT2D eigenvalue weighted by atomic mass is 19.1. The standard InChI is InChI=1S/C19H21FN6O/c20-15-9-14(12-21)10-17(11-15)26-4-2-16(13-26)23-18-1-3-22-19(24-18)25-5-7-27-8-6-25/h1,3,9-11,16H,2,4-8,13H2,(H,22,23,24). The fraction of sp³-hybridized carbons (Fsp3) is 0.421. The maximum Gasteiger partial charge on any atom is 0.227 e. The predicted octanol–water partition coefficient (Wildman–Crippen LogP) is 2.01. The van der Waals surface area contributed by atoms with Crippen LogP contribution < -0.4 is 15.1 Å². The minimum Gasteiger partial charge on any atom is -0.378 e. The van der Waals surface area contributed by atoms with E-state index < -0.39 is 0 Å². The summed E-state index contributed by atoms with van der Waals surface area (Å²) in [5.41, 5.74) is 1.08. The Hall–Kier alpha value is -2.92. The SMILES string of the molecule is N#Cc1cc(F)cc(N2CCC(Nc3ccnc(N4CCOCC4)n3)C2)c1. The molecule has 7 nitrogen and oxygen atoms in total. The Kier molecular flexibility index (Phi) is 5.03. The Morgan fingerprint density at radius 1 is 1.19 bits per heavy atom. The van der Waals surface area contributed by atoms with Gasteiger partial charge in [0.05, 0.1) is 24.8 Å². The molecule has 0 amide bonds. The van der Waals surface area contributed by atoms with Crippen molar-refractivity contribution in [3.63, 3.8) is 0 Å². The average Bonchev–Trinajstić information content (AvgIpc) is 3.17. The van der Waals surface area contributed by atoms with Gasteiger partial charge in [-0.1, -0.05) is 0 Å². The summed E-state index contributed by atoms with van der Waals surface area (Å²) >= 11 is 0. The van der Waals surface area contributed by atoms with Crippen LogP contribution in [0.5, 0.6) is 0 Å². The summed E-state index contributed by atoms with van der Waals surface area (Å²) in [7, 11) is 0. The van der Waals surface area contributed by atoms with Crippen LogP contribution in [0.1, 0.15) is 12.0 Å². The molecule has 1 atom stereocenters. The van der Waals surface area contributed by atoms with E-state index in [0.29, 0.717) is 24.7 Å². The second kappa shape index (κ2) is 7.76. The molecule has 2 fully saturated rings. The quantitative estimate of drug-likeness (QED) is 0.885. The molecule has 1 aromatic carbocycles. The third-order valence-electron chi connectivity index (χ3n) is 4.85. The molecule has 140 valence electrons. The number of hydrogen-bond acceptors (Lipinski definition) is 7. The van der Waals surface area contributed by atoms with Gasteiger partial charge < -0.3 is 19.9 Å². The molecule has 1 N–H and O–H groups in total. The summed E-state index contributed by atoms with van der Waals surface area (Å²) in [6.07, 6.45) is 2.67. The van der Waals surface area contributed by atoms with Crippen molar-refractivity contribution in [2.24, 2.45) is 0 Å². The molecule has 0 radical (unpaired) electrons. The molecule has 1 unspecified atom stereocenters. The Balaban J connectivity index is 1.41. The van der Waals surface area contributed by atoms with E-state index >= 15 is 0 Å². The average molecular weight is 368 g/mol. The number of rotatable bonds is 4. The van der Waals surface area contributed by atoms with E-state index in [2.05, 4.69) is 25.1 Å². The maximum absolute atomic E-state index is 13.7.